The predicted octanol–water partition coefficient (Wildman–Crippen LogP) is 3.95. The Morgan fingerprint density at radius 1 is 0.656 bits per heavy atom. The molecule has 8 nitrogen and oxygen atoms in total. The van der Waals surface area contributed by atoms with E-state index in [4.69, 9.17) is 19.7 Å². The van der Waals surface area contributed by atoms with Crippen LogP contribution in [-0.2, 0) is 19.2 Å². The van der Waals surface area contributed by atoms with Gasteiger partial charge < -0.3 is 19.7 Å². The van der Waals surface area contributed by atoms with Crippen LogP contribution in [0.5, 0.6) is 11.5 Å². The lowest BCUT2D eigenvalue weighted by atomic mass is 10.1. The summed E-state index contributed by atoms with van der Waals surface area (Å²) in [5, 5.41) is 17.5. The molecule has 0 aliphatic carbocycles. The lowest BCUT2D eigenvalue weighted by Crippen LogP contribution is -2.11. The first-order valence-electron chi connectivity index (χ1n) is 9.76. The van der Waals surface area contributed by atoms with E-state index in [0.717, 1.165) is 12.2 Å². The topological polar surface area (TPSA) is 127 Å². The second kappa shape index (κ2) is 12.5. The van der Waals surface area contributed by atoms with Gasteiger partial charge in [-0.2, -0.15) is 0 Å². The Morgan fingerprint density at radius 2 is 1.03 bits per heavy atom. The normalized spacial score (nSPS) is 10.9. The van der Waals surface area contributed by atoms with Gasteiger partial charge in [-0.15, -0.1) is 0 Å². The van der Waals surface area contributed by atoms with E-state index < -0.39 is 23.9 Å². The van der Waals surface area contributed by atoms with E-state index in [1.54, 1.807) is 48.5 Å². The van der Waals surface area contributed by atoms with Crippen molar-refractivity contribution in [3.63, 3.8) is 0 Å². The zero-order chi connectivity index (χ0) is 23.3. The Kier molecular flexibility index (Phi) is 9.39. The van der Waals surface area contributed by atoms with Crippen LogP contribution in [0.15, 0.2) is 60.7 Å². The number of rotatable bonds is 11. The van der Waals surface area contributed by atoms with Crippen molar-refractivity contribution in [1.82, 2.24) is 0 Å². The number of esters is 2. The quantitative estimate of drug-likeness (QED) is 0.234. The Hall–Kier alpha value is -4.20. The van der Waals surface area contributed by atoms with E-state index in [0.29, 0.717) is 24.0 Å². The van der Waals surface area contributed by atoms with Crippen LogP contribution in [-0.4, -0.2) is 34.1 Å². The highest BCUT2D eigenvalue weighted by Gasteiger charge is 2.11. The standard InChI is InChI=1S/C24H22O8/c25-21(26)15-13-17-7-1-3-9-19(17)31-23(29)11-5-6-12-24(30)32-20-10-4-2-8-18(20)14-16-22(27)28/h1-4,7-10,13-16H,5-6,11-12H2,(H,25,26)(H,27,28)/b15-13+,16-14+. The largest absolute Gasteiger partial charge is 0.478 e. The molecule has 0 aliphatic rings. The third-order valence-electron chi connectivity index (χ3n) is 4.11. The van der Waals surface area contributed by atoms with Gasteiger partial charge in [0.05, 0.1) is 0 Å². The number of benzene rings is 2. The van der Waals surface area contributed by atoms with Gasteiger partial charge in [0.2, 0.25) is 0 Å². The molecule has 0 fully saturated rings. The summed E-state index contributed by atoms with van der Waals surface area (Å²) in [6.45, 7) is 0. The molecule has 32 heavy (non-hydrogen) atoms. The summed E-state index contributed by atoms with van der Waals surface area (Å²) in [4.78, 5) is 45.5. The van der Waals surface area contributed by atoms with Gasteiger partial charge in [0, 0.05) is 36.1 Å². The molecular formula is C24H22O8. The lowest BCUT2D eigenvalue weighted by molar-refractivity contribution is -0.136. The van der Waals surface area contributed by atoms with E-state index in [1.165, 1.54) is 12.2 Å². The zero-order valence-electron chi connectivity index (χ0n) is 17.1. The molecule has 2 aromatic carbocycles. The fourth-order valence-corrected chi connectivity index (χ4v) is 2.63. The summed E-state index contributed by atoms with van der Waals surface area (Å²) in [5.41, 5.74) is 0.921. The molecule has 0 bridgehead atoms. The van der Waals surface area contributed by atoms with E-state index in [2.05, 4.69) is 0 Å². The molecule has 0 radical (unpaired) electrons. The number of carbonyl (C=O) groups is 4. The number of para-hydroxylation sites is 2. The molecule has 0 atom stereocenters. The maximum absolute atomic E-state index is 12.1. The van der Waals surface area contributed by atoms with Crippen molar-refractivity contribution < 1.29 is 38.9 Å². The third kappa shape index (κ3) is 8.66. The minimum Gasteiger partial charge on any atom is -0.478 e. The van der Waals surface area contributed by atoms with Gasteiger partial charge >= 0.3 is 23.9 Å². The molecule has 0 saturated carbocycles. The summed E-state index contributed by atoms with van der Waals surface area (Å²) >= 11 is 0. The first-order valence-corrected chi connectivity index (χ1v) is 9.76. The summed E-state index contributed by atoms with van der Waals surface area (Å²) < 4.78 is 10.6. The van der Waals surface area contributed by atoms with Gasteiger partial charge in [-0.25, -0.2) is 9.59 Å². The minimum absolute atomic E-state index is 0.0716. The highest BCUT2D eigenvalue weighted by molar-refractivity contribution is 5.87. The summed E-state index contributed by atoms with van der Waals surface area (Å²) in [6.07, 6.45) is 5.50. The molecule has 166 valence electrons. The van der Waals surface area contributed by atoms with Crippen LogP contribution in [0, 0.1) is 0 Å². The zero-order valence-corrected chi connectivity index (χ0v) is 17.1. The summed E-state index contributed by atoms with van der Waals surface area (Å²) in [7, 11) is 0. The van der Waals surface area contributed by atoms with Crippen molar-refractivity contribution in [2.45, 2.75) is 25.7 Å². The van der Waals surface area contributed by atoms with Crippen molar-refractivity contribution >= 4 is 36.0 Å². The Morgan fingerprint density at radius 3 is 1.41 bits per heavy atom. The van der Waals surface area contributed by atoms with E-state index in [9.17, 15) is 19.2 Å². The molecule has 8 heteroatoms. The highest BCUT2D eigenvalue weighted by atomic mass is 16.5. The van der Waals surface area contributed by atoms with E-state index >= 15 is 0 Å². The summed E-state index contributed by atoms with van der Waals surface area (Å²) in [6, 6.07) is 13.1. The number of carboxylic acid groups (broad SMARTS) is 2. The molecular weight excluding hydrogens is 416 g/mol. The number of hydrogen-bond acceptors (Lipinski definition) is 6. The van der Waals surface area contributed by atoms with Crippen LogP contribution in [0.3, 0.4) is 0 Å². The molecule has 0 saturated heterocycles. The SMILES string of the molecule is O=C(O)/C=C/c1ccccc1OC(=O)CCCCC(=O)Oc1ccccc1/C=C/C(=O)O. The Labute approximate surface area is 184 Å². The molecule has 0 amide bonds. The minimum atomic E-state index is -1.11. The maximum atomic E-state index is 12.1. The van der Waals surface area contributed by atoms with Gasteiger partial charge in [0.25, 0.3) is 0 Å². The molecule has 0 heterocycles. The van der Waals surface area contributed by atoms with Crippen LogP contribution in [0.1, 0.15) is 36.8 Å². The van der Waals surface area contributed by atoms with Crippen LogP contribution in [0.25, 0.3) is 12.2 Å². The van der Waals surface area contributed by atoms with Crippen LogP contribution in [0.4, 0.5) is 0 Å². The first kappa shape index (κ1) is 24.1. The number of carbonyl (C=O) groups excluding carboxylic acids is 2. The maximum Gasteiger partial charge on any atom is 0.328 e. The lowest BCUT2D eigenvalue weighted by Gasteiger charge is -2.08. The molecule has 0 aliphatic heterocycles. The molecule has 2 rings (SSSR count). The van der Waals surface area contributed by atoms with E-state index in [1.807, 2.05) is 0 Å². The first-order chi connectivity index (χ1) is 15.3. The van der Waals surface area contributed by atoms with Gasteiger partial charge in [-0.1, -0.05) is 36.4 Å². The average molecular weight is 438 g/mol. The Bertz CT molecular complexity index is 952. The van der Waals surface area contributed by atoms with Gasteiger partial charge in [0.1, 0.15) is 11.5 Å². The number of hydrogen-bond donors (Lipinski definition) is 2. The van der Waals surface area contributed by atoms with Crippen molar-refractivity contribution in [2.75, 3.05) is 0 Å². The predicted molar refractivity (Wildman–Crippen MR) is 116 cm³/mol. The molecule has 0 unspecified atom stereocenters. The van der Waals surface area contributed by atoms with Crippen LogP contribution in [0.2, 0.25) is 0 Å². The molecule has 2 N–H and O–H groups in total. The average Bonchev–Trinajstić information content (AvgIpc) is 2.75. The third-order valence-corrected chi connectivity index (χ3v) is 4.11. The number of aliphatic carboxylic acids is 2. The molecule has 2 aromatic rings. The second-order valence-electron chi connectivity index (χ2n) is 6.57. The Balaban J connectivity index is 1.80. The highest BCUT2D eigenvalue weighted by Crippen LogP contribution is 2.22. The van der Waals surface area contributed by atoms with Crippen LogP contribution >= 0.6 is 0 Å². The van der Waals surface area contributed by atoms with Gasteiger partial charge in [-0.3, -0.25) is 9.59 Å². The van der Waals surface area contributed by atoms with Gasteiger partial charge in [-0.05, 0) is 37.1 Å². The molecule has 0 aromatic heterocycles. The van der Waals surface area contributed by atoms with Crippen molar-refractivity contribution in [3.05, 3.63) is 71.8 Å². The fourth-order valence-electron chi connectivity index (χ4n) is 2.63. The van der Waals surface area contributed by atoms with E-state index in [-0.39, 0.29) is 24.3 Å². The number of unbranched alkanes of at least 4 members (excludes halogenated alkanes) is 1. The molecule has 0 spiro atoms. The monoisotopic (exact) mass is 438 g/mol. The fraction of sp³-hybridized carbons (Fsp3) is 0.167. The van der Waals surface area contributed by atoms with Crippen molar-refractivity contribution in [2.24, 2.45) is 0 Å². The van der Waals surface area contributed by atoms with Crippen LogP contribution < -0.4 is 9.47 Å². The van der Waals surface area contributed by atoms with Crippen molar-refractivity contribution in [3.8, 4) is 11.5 Å². The second-order valence-corrected chi connectivity index (χ2v) is 6.57. The van der Waals surface area contributed by atoms with Gasteiger partial charge in [0.15, 0.2) is 0 Å². The number of carboxylic acids is 2. The smallest absolute Gasteiger partial charge is 0.328 e. The number of ether oxygens (including phenoxy) is 2. The summed E-state index contributed by atoms with van der Waals surface area (Å²) in [5.74, 6) is -2.73. The van der Waals surface area contributed by atoms with Crippen molar-refractivity contribution in [1.29, 1.82) is 0 Å².